The molecule has 0 aliphatic carbocycles. The van der Waals surface area contributed by atoms with Gasteiger partial charge < -0.3 is 4.90 Å². The van der Waals surface area contributed by atoms with E-state index in [0.717, 1.165) is 18.5 Å². The van der Waals surface area contributed by atoms with E-state index in [1.54, 1.807) is 6.07 Å². The highest BCUT2D eigenvalue weighted by atomic mass is 35.5. The Kier molecular flexibility index (Phi) is 2.57. The maximum absolute atomic E-state index is 12.0. The van der Waals surface area contributed by atoms with Gasteiger partial charge in [-0.2, -0.15) is 0 Å². The van der Waals surface area contributed by atoms with Gasteiger partial charge in [0.1, 0.15) is 0 Å². The van der Waals surface area contributed by atoms with Crippen LogP contribution in [0.3, 0.4) is 0 Å². The highest BCUT2D eigenvalue weighted by Gasteiger charge is 2.62. The molecule has 1 aromatic rings. The summed E-state index contributed by atoms with van der Waals surface area (Å²) in [6.07, 6.45) is 1.85. The summed E-state index contributed by atoms with van der Waals surface area (Å²) in [6.45, 7) is 0. The van der Waals surface area contributed by atoms with Crippen molar-refractivity contribution in [3.8, 4) is 0 Å². The maximum Gasteiger partial charge on any atom is 0.232 e. The summed E-state index contributed by atoms with van der Waals surface area (Å²) in [7, 11) is 0. The number of amides is 2. The third-order valence-electron chi connectivity index (χ3n) is 4.69. The van der Waals surface area contributed by atoms with Crippen LogP contribution in [0.4, 0.5) is 5.69 Å². The molecule has 3 fully saturated rings. The molecule has 0 aromatic heterocycles. The van der Waals surface area contributed by atoms with Crippen molar-refractivity contribution < 1.29 is 9.59 Å². The minimum atomic E-state index is -0.223. The fourth-order valence-electron chi connectivity index (χ4n) is 4.08. The fraction of sp³-hybridized carbons (Fsp3) is 0.429. The molecule has 1 N–H and O–H groups in total. The molecule has 0 saturated carbocycles. The number of carbonyl (C=O) groups is 2. The summed E-state index contributed by atoms with van der Waals surface area (Å²) < 4.78 is 0. The summed E-state index contributed by atoms with van der Waals surface area (Å²) in [5.74, 6) is -0.714. The third kappa shape index (κ3) is 1.55. The Balaban J connectivity index is 1.78. The monoisotopic (exact) mass is 310 g/mol. The lowest BCUT2D eigenvalue weighted by Crippen LogP contribution is -2.37. The van der Waals surface area contributed by atoms with Crippen LogP contribution in [0.2, 0.25) is 10.0 Å². The number of hydrogen-bond donors (Lipinski definition) is 1. The molecule has 3 heterocycles. The van der Waals surface area contributed by atoms with Crippen molar-refractivity contribution in [3.63, 3.8) is 0 Å². The molecule has 0 spiro atoms. The van der Waals surface area contributed by atoms with Crippen LogP contribution in [-0.2, 0) is 9.59 Å². The lowest BCUT2D eigenvalue weighted by atomic mass is 9.81. The largest absolute Gasteiger partial charge is 0.364 e. The second kappa shape index (κ2) is 4.12. The fourth-order valence-corrected chi connectivity index (χ4v) is 4.60. The summed E-state index contributed by atoms with van der Waals surface area (Å²) in [4.78, 5) is 26.1. The lowest BCUT2D eigenvalue weighted by Gasteiger charge is -2.26. The smallest absolute Gasteiger partial charge is 0.232 e. The standard InChI is InChI=1S/C14H12Cl2N2O2/c15-6-3-7(16)5-8(4-6)18-9-1-2-10(18)12-11(9)13(19)17-14(12)20/h3-5,9-12H,1-2H2,(H,17,19,20). The molecule has 20 heavy (non-hydrogen) atoms. The Morgan fingerprint density at radius 3 is 1.95 bits per heavy atom. The van der Waals surface area contributed by atoms with Gasteiger partial charge in [-0.1, -0.05) is 23.2 Å². The maximum atomic E-state index is 12.0. The van der Waals surface area contributed by atoms with E-state index < -0.39 is 0 Å². The number of nitrogens with zero attached hydrogens (tertiary/aromatic N) is 1. The van der Waals surface area contributed by atoms with Gasteiger partial charge in [0.2, 0.25) is 11.8 Å². The zero-order valence-electron chi connectivity index (χ0n) is 10.5. The normalized spacial score (nSPS) is 34.6. The minimum Gasteiger partial charge on any atom is -0.364 e. The van der Waals surface area contributed by atoms with Gasteiger partial charge in [-0.25, -0.2) is 0 Å². The molecule has 2 amide bonds. The Bertz CT molecular complexity index is 585. The Morgan fingerprint density at radius 2 is 1.45 bits per heavy atom. The van der Waals surface area contributed by atoms with Crippen molar-refractivity contribution >= 4 is 40.7 Å². The number of benzene rings is 1. The van der Waals surface area contributed by atoms with E-state index in [4.69, 9.17) is 23.2 Å². The second-order valence-corrected chi connectivity index (χ2v) is 6.52. The highest BCUT2D eigenvalue weighted by molar-refractivity contribution is 6.35. The molecule has 3 aliphatic rings. The number of carbonyl (C=O) groups excluding carboxylic acids is 2. The van der Waals surface area contributed by atoms with Crippen molar-refractivity contribution in [1.29, 1.82) is 0 Å². The molecule has 4 atom stereocenters. The van der Waals surface area contributed by atoms with Gasteiger partial charge in [0.05, 0.1) is 11.8 Å². The first-order valence-electron chi connectivity index (χ1n) is 6.65. The predicted molar refractivity (Wildman–Crippen MR) is 75.9 cm³/mol. The molecule has 2 bridgehead atoms. The average molecular weight is 311 g/mol. The Labute approximate surface area is 126 Å². The number of imide groups is 1. The number of halogens is 2. The van der Waals surface area contributed by atoms with Gasteiger partial charge in [0, 0.05) is 27.8 Å². The van der Waals surface area contributed by atoms with Crippen molar-refractivity contribution in [2.45, 2.75) is 24.9 Å². The SMILES string of the molecule is O=C1NC(=O)C2C1C1CCC2N1c1cc(Cl)cc(Cl)c1. The highest BCUT2D eigenvalue weighted by Crippen LogP contribution is 2.50. The number of nitrogens with one attached hydrogen (secondary N) is 1. The van der Waals surface area contributed by atoms with E-state index in [0.29, 0.717) is 10.0 Å². The number of rotatable bonds is 1. The molecular weight excluding hydrogens is 299 g/mol. The van der Waals surface area contributed by atoms with E-state index in [-0.39, 0.29) is 35.7 Å². The van der Waals surface area contributed by atoms with Gasteiger partial charge in [-0.05, 0) is 31.0 Å². The summed E-state index contributed by atoms with van der Waals surface area (Å²) in [5.41, 5.74) is 0.907. The van der Waals surface area contributed by atoms with Crippen molar-refractivity contribution in [2.75, 3.05) is 4.90 Å². The van der Waals surface area contributed by atoms with Crippen LogP contribution in [-0.4, -0.2) is 23.9 Å². The van der Waals surface area contributed by atoms with Crippen molar-refractivity contribution in [1.82, 2.24) is 5.32 Å². The van der Waals surface area contributed by atoms with Gasteiger partial charge in [0.25, 0.3) is 0 Å². The van der Waals surface area contributed by atoms with E-state index in [2.05, 4.69) is 10.2 Å². The average Bonchev–Trinajstić information content (AvgIpc) is 2.99. The van der Waals surface area contributed by atoms with Crippen LogP contribution in [0.25, 0.3) is 0 Å². The van der Waals surface area contributed by atoms with Crippen LogP contribution in [0, 0.1) is 11.8 Å². The van der Waals surface area contributed by atoms with Gasteiger partial charge >= 0.3 is 0 Å². The van der Waals surface area contributed by atoms with Gasteiger partial charge in [-0.15, -0.1) is 0 Å². The Hall–Kier alpha value is -1.26. The van der Waals surface area contributed by atoms with Crippen LogP contribution < -0.4 is 10.2 Å². The molecule has 3 saturated heterocycles. The first-order valence-corrected chi connectivity index (χ1v) is 7.41. The third-order valence-corrected chi connectivity index (χ3v) is 5.12. The van der Waals surface area contributed by atoms with E-state index in [1.165, 1.54) is 0 Å². The van der Waals surface area contributed by atoms with Crippen LogP contribution in [0.1, 0.15) is 12.8 Å². The zero-order valence-corrected chi connectivity index (χ0v) is 12.0. The van der Waals surface area contributed by atoms with Crippen LogP contribution in [0.5, 0.6) is 0 Å². The molecule has 4 nitrogen and oxygen atoms in total. The van der Waals surface area contributed by atoms with E-state index in [1.807, 2.05) is 12.1 Å². The summed E-state index contributed by atoms with van der Waals surface area (Å²) in [6, 6.07) is 5.53. The topological polar surface area (TPSA) is 49.4 Å². The number of fused-ring (bicyclic) bond motifs is 5. The molecule has 0 radical (unpaired) electrons. The second-order valence-electron chi connectivity index (χ2n) is 5.65. The first kappa shape index (κ1) is 12.5. The van der Waals surface area contributed by atoms with E-state index >= 15 is 0 Å². The quantitative estimate of drug-likeness (QED) is 0.809. The number of anilines is 1. The summed E-state index contributed by atoms with van der Waals surface area (Å²) in [5, 5.41) is 3.60. The molecule has 4 rings (SSSR count). The number of hydrogen-bond acceptors (Lipinski definition) is 3. The molecule has 104 valence electrons. The van der Waals surface area contributed by atoms with E-state index in [9.17, 15) is 9.59 Å². The summed E-state index contributed by atoms with van der Waals surface area (Å²) >= 11 is 12.1. The molecule has 4 unspecified atom stereocenters. The first-order chi connectivity index (χ1) is 9.56. The molecule has 1 aromatic carbocycles. The van der Waals surface area contributed by atoms with Crippen molar-refractivity contribution in [2.24, 2.45) is 11.8 Å². The zero-order chi connectivity index (χ0) is 14.0. The minimum absolute atomic E-state index is 0.0750. The van der Waals surface area contributed by atoms with Gasteiger partial charge in [-0.3, -0.25) is 14.9 Å². The van der Waals surface area contributed by atoms with Crippen LogP contribution in [0.15, 0.2) is 18.2 Å². The lowest BCUT2D eigenvalue weighted by molar-refractivity contribution is -0.126. The van der Waals surface area contributed by atoms with Crippen molar-refractivity contribution in [3.05, 3.63) is 28.2 Å². The molecule has 6 heteroatoms. The molecular formula is C14H12Cl2N2O2. The van der Waals surface area contributed by atoms with Gasteiger partial charge in [0.15, 0.2) is 0 Å². The molecule has 3 aliphatic heterocycles. The van der Waals surface area contributed by atoms with Crippen LogP contribution >= 0.6 is 23.2 Å². The predicted octanol–water partition coefficient (Wildman–Crippen LogP) is 2.23. The Morgan fingerprint density at radius 1 is 0.950 bits per heavy atom.